The maximum absolute atomic E-state index is 5.37. The highest BCUT2D eigenvalue weighted by Crippen LogP contribution is 2.39. The first-order chi connectivity index (χ1) is 10.2. The van der Waals surface area contributed by atoms with Crippen LogP contribution in [0.15, 0.2) is 46.9 Å². The minimum atomic E-state index is 0.378. The molecule has 2 atom stereocenters. The fourth-order valence-electron chi connectivity index (χ4n) is 3.11. The number of nitrogens with one attached hydrogen (secondary N) is 1. The molecule has 1 aliphatic rings. The van der Waals surface area contributed by atoms with Crippen LogP contribution in [-0.4, -0.2) is 7.11 Å². The largest absolute Gasteiger partial charge is 0.495 e. The highest BCUT2D eigenvalue weighted by Gasteiger charge is 2.24. The van der Waals surface area contributed by atoms with Gasteiger partial charge in [-0.1, -0.05) is 31.2 Å². The van der Waals surface area contributed by atoms with Gasteiger partial charge >= 0.3 is 0 Å². The Labute approximate surface area is 134 Å². The SMILES string of the molecule is COc1cc(NC2CCC(C)c3ccccc32)ccc1Br. The lowest BCUT2D eigenvalue weighted by Gasteiger charge is -2.31. The number of benzene rings is 2. The highest BCUT2D eigenvalue weighted by atomic mass is 79.9. The zero-order valence-corrected chi connectivity index (χ0v) is 14.0. The van der Waals surface area contributed by atoms with E-state index in [1.807, 2.05) is 12.1 Å². The van der Waals surface area contributed by atoms with E-state index in [0.29, 0.717) is 12.0 Å². The number of anilines is 1. The van der Waals surface area contributed by atoms with Crippen LogP contribution in [0.3, 0.4) is 0 Å². The zero-order chi connectivity index (χ0) is 14.8. The van der Waals surface area contributed by atoms with Gasteiger partial charge < -0.3 is 10.1 Å². The Hall–Kier alpha value is -1.48. The summed E-state index contributed by atoms with van der Waals surface area (Å²) in [6.45, 7) is 2.32. The van der Waals surface area contributed by atoms with E-state index >= 15 is 0 Å². The van der Waals surface area contributed by atoms with Crippen molar-refractivity contribution < 1.29 is 4.74 Å². The summed E-state index contributed by atoms with van der Waals surface area (Å²) in [5.41, 5.74) is 4.01. The molecular formula is C18H20BrNO. The van der Waals surface area contributed by atoms with Gasteiger partial charge in [0, 0.05) is 11.8 Å². The van der Waals surface area contributed by atoms with E-state index in [0.717, 1.165) is 22.3 Å². The van der Waals surface area contributed by atoms with Crippen LogP contribution >= 0.6 is 15.9 Å². The van der Waals surface area contributed by atoms with Crippen LogP contribution in [0.2, 0.25) is 0 Å². The third kappa shape index (κ3) is 2.93. The van der Waals surface area contributed by atoms with Crippen LogP contribution in [-0.2, 0) is 0 Å². The van der Waals surface area contributed by atoms with Crippen LogP contribution in [0.5, 0.6) is 5.75 Å². The number of methoxy groups -OCH3 is 1. The second-order valence-electron chi connectivity index (χ2n) is 5.65. The Morgan fingerprint density at radius 1 is 1.10 bits per heavy atom. The maximum atomic E-state index is 5.37. The van der Waals surface area contributed by atoms with Gasteiger partial charge in [0.2, 0.25) is 0 Å². The van der Waals surface area contributed by atoms with Crippen molar-refractivity contribution in [2.75, 3.05) is 12.4 Å². The maximum Gasteiger partial charge on any atom is 0.135 e. The Morgan fingerprint density at radius 3 is 2.62 bits per heavy atom. The first kappa shape index (κ1) is 14.5. The molecule has 2 nitrogen and oxygen atoms in total. The van der Waals surface area contributed by atoms with E-state index in [1.165, 1.54) is 17.5 Å². The molecule has 0 radical (unpaired) electrons. The molecule has 0 saturated heterocycles. The minimum absolute atomic E-state index is 0.378. The van der Waals surface area contributed by atoms with Gasteiger partial charge in [-0.05, 0) is 57.9 Å². The Bertz CT molecular complexity index is 641. The van der Waals surface area contributed by atoms with E-state index in [9.17, 15) is 0 Å². The number of rotatable bonds is 3. The van der Waals surface area contributed by atoms with Gasteiger partial charge in [-0.3, -0.25) is 0 Å². The molecule has 0 spiro atoms. The van der Waals surface area contributed by atoms with Crippen molar-refractivity contribution in [2.24, 2.45) is 0 Å². The van der Waals surface area contributed by atoms with Crippen molar-refractivity contribution >= 4 is 21.6 Å². The number of hydrogen-bond donors (Lipinski definition) is 1. The van der Waals surface area contributed by atoms with Crippen LogP contribution in [0, 0.1) is 0 Å². The molecule has 0 aliphatic heterocycles. The summed E-state index contributed by atoms with van der Waals surface area (Å²) in [7, 11) is 1.70. The van der Waals surface area contributed by atoms with E-state index in [2.05, 4.69) is 58.5 Å². The first-order valence-corrected chi connectivity index (χ1v) is 8.17. The molecule has 2 aromatic rings. The lowest BCUT2D eigenvalue weighted by atomic mass is 9.81. The quantitative estimate of drug-likeness (QED) is 0.791. The predicted octanol–water partition coefficient (Wildman–Crippen LogP) is 5.51. The zero-order valence-electron chi connectivity index (χ0n) is 12.4. The van der Waals surface area contributed by atoms with Gasteiger partial charge in [0.25, 0.3) is 0 Å². The van der Waals surface area contributed by atoms with Crippen molar-refractivity contribution in [3.8, 4) is 5.75 Å². The lowest BCUT2D eigenvalue weighted by molar-refractivity contribution is 0.412. The Morgan fingerprint density at radius 2 is 1.86 bits per heavy atom. The summed E-state index contributed by atoms with van der Waals surface area (Å²) in [6, 6.07) is 15.3. The van der Waals surface area contributed by atoms with E-state index < -0.39 is 0 Å². The van der Waals surface area contributed by atoms with E-state index in [4.69, 9.17) is 4.74 Å². The molecule has 0 aromatic heterocycles. The summed E-state index contributed by atoms with van der Waals surface area (Å²) >= 11 is 3.50. The predicted molar refractivity (Wildman–Crippen MR) is 91.1 cm³/mol. The smallest absolute Gasteiger partial charge is 0.135 e. The third-order valence-electron chi connectivity index (χ3n) is 4.28. The van der Waals surface area contributed by atoms with Crippen molar-refractivity contribution in [1.82, 2.24) is 0 Å². The molecule has 0 saturated carbocycles. The lowest BCUT2D eigenvalue weighted by Crippen LogP contribution is -2.19. The van der Waals surface area contributed by atoms with Gasteiger partial charge in [-0.25, -0.2) is 0 Å². The van der Waals surface area contributed by atoms with Crippen molar-refractivity contribution in [3.05, 3.63) is 58.1 Å². The van der Waals surface area contributed by atoms with Crippen LogP contribution in [0.4, 0.5) is 5.69 Å². The fraction of sp³-hybridized carbons (Fsp3) is 0.333. The minimum Gasteiger partial charge on any atom is -0.495 e. The molecule has 110 valence electrons. The van der Waals surface area contributed by atoms with Gasteiger partial charge in [0.15, 0.2) is 0 Å². The summed E-state index contributed by atoms with van der Waals surface area (Å²) in [4.78, 5) is 0. The number of ether oxygens (including phenoxy) is 1. The molecule has 2 aromatic carbocycles. The van der Waals surface area contributed by atoms with Crippen LogP contribution in [0.25, 0.3) is 0 Å². The first-order valence-electron chi connectivity index (χ1n) is 7.38. The molecule has 0 fully saturated rings. The number of hydrogen-bond acceptors (Lipinski definition) is 2. The summed E-state index contributed by atoms with van der Waals surface area (Å²) < 4.78 is 6.35. The van der Waals surface area contributed by atoms with Crippen LogP contribution < -0.4 is 10.1 Å². The second-order valence-corrected chi connectivity index (χ2v) is 6.51. The molecule has 0 heterocycles. The molecule has 2 unspecified atom stereocenters. The summed E-state index contributed by atoms with van der Waals surface area (Å²) in [5, 5.41) is 3.66. The van der Waals surface area contributed by atoms with Gasteiger partial charge in [-0.15, -0.1) is 0 Å². The second kappa shape index (κ2) is 6.10. The highest BCUT2D eigenvalue weighted by molar-refractivity contribution is 9.10. The molecule has 3 heteroatoms. The number of halogens is 1. The monoisotopic (exact) mass is 345 g/mol. The Kier molecular flexibility index (Phi) is 4.20. The molecule has 0 amide bonds. The molecule has 21 heavy (non-hydrogen) atoms. The standard InChI is InChI=1S/C18H20BrNO/c1-12-7-10-17(15-6-4-3-5-14(12)15)20-13-8-9-16(19)18(11-13)21-2/h3-6,8-9,11-12,17,20H,7,10H2,1-2H3. The van der Waals surface area contributed by atoms with Crippen molar-refractivity contribution in [3.63, 3.8) is 0 Å². The molecular weight excluding hydrogens is 326 g/mol. The molecule has 1 aliphatic carbocycles. The van der Waals surface area contributed by atoms with E-state index in [-0.39, 0.29) is 0 Å². The average molecular weight is 346 g/mol. The van der Waals surface area contributed by atoms with E-state index in [1.54, 1.807) is 7.11 Å². The van der Waals surface area contributed by atoms with Crippen molar-refractivity contribution in [2.45, 2.75) is 31.7 Å². The summed E-state index contributed by atoms with van der Waals surface area (Å²) in [6.07, 6.45) is 2.39. The van der Waals surface area contributed by atoms with Gasteiger partial charge in [-0.2, -0.15) is 0 Å². The van der Waals surface area contributed by atoms with Crippen molar-refractivity contribution in [1.29, 1.82) is 0 Å². The normalized spacial score (nSPS) is 20.7. The van der Waals surface area contributed by atoms with Gasteiger partial charge in [0.1, 0.15) is 5.75 Å². The third-order valence-corrected chi connectivity index (χ3v) is 4.94. The Balaban J connectivity index is 1.87. The fourth-order valence-corrected chi connectivity index (χ4v) is 3.51. The average Bonchev–Trinajstić information content (AvgIpc) is 2.52. The topological polar surface area (TPSA) is 21.3 Å². The van der Waals surface area contributed by atoms with Crippen LogP contribution in [0.1, 0.15) is 42.9 Å². The molecule has 0 bridgehead atoms. The van der Waals surface area contributed by atoms with Gasteiger partial charge in [0.05, 0.1) is 17.6 Å². The summed E-state index contributed by atoms with van der Waals surface area (Å²) in [5.74, 6) is 1.51. The molecule has 1 N–H and O–H groups in total. The molecule has 3 rings (SSSR count). The number of fused-ring (bicyclic) bond motifs is 1.